The van der Waals surface area contributed by atoms with Gasteiger partial charge in [0.2, 0.25) is 0 Å². The number of oxime groups is 1. The Morgan fingerprint density at radius 3 is 2.76 bits per heavy atom. The zero-order chi connectivity index (χ0) is 12.1. The molecule has 3 heteroatoms. The molecule has 0 heterocycles. The zero-order valence-corrected chi connectivity index (χ0v) is 10.3. The SMILES string of the molecule is CCN(Cc1ccccc1)[C@H]1CCC/C1=N\O. The van der Waals surface area contributed by atoms with E-state index in [0.717, 1.165) is 38.1 Å². The first kappa shape index (κ1) is 12.1. The topological polar surface area (TPSA) is 35.8 Å². The van der Waals surface area contributed by atoms with Crippen LogP contribution < -0.4 is 0 Å². The van der Waals surface area contributed by atoms with Crippen LogP contribution in [0.4, 0.5) is 0 Å². The van der Waals surface area contributed by atoms with Gasteiger partial charge in [-0.25, -0.2) is 0 Å². The van der Waals surface area contributed by atoms with Crippen LogP contribution in [0, 0.1) is 0 Å². The molecule has 2 rings (SSSR count). The summed E-state index contributed by atoms with van der Waals surface area (Å²) >= 11 is 0. The van der Waals surface area contributed by atoms with E-state index in [-0.39, 0.29) is 0 Å². The minimum atomic E-state index is 0.324. The van der Waals surface area contributed by atoms with Crippen LogP contribution in [0.25, 0.3) is 0 Å². The lowest BCUT2D eigenvalue weighted by Gasteiger charge is -2.27. The van der Waals surface area contributed by atoms with Crippen molar-refractivity contribution in [2.45, 2.75) is 38.8 Å². The second-order valence-electron chi connectivity index (χ2n) is 4.55. The third-order valence-corrected chi connectivity index (χ3v) is 3.50. The predicted octanol–water partition coefficient (Wildman–Crippen LogP) is 2.89. The van der Waals surface area contributed by atoms with Gasteiger partial charge >= 0.3 is 0 Å². The predicted molar refractivity (Wildman–Crippen MR) is 69.4 cm³/mol. The number of rotatable bonds is 4. The molecule has 0 aromatic heterocycles. The number of hydrogen-bond donors (Lipinski definition) is 1. The first-order chi connectivity index (χ1) is 8.35. The third-order valence-electron chi connectivity index (χ3n) is 3.50. The Hall–Kier alpha value is -1.35. The molecule has 0 spiro atoms. The molecule has 0 amide bonds. The van der Waals surface area contributed by atoms with Crippen LogP contribution in [-0.2, 0) is 6.54 Å². The van der Waals surface area contributed by atoms with Crippen molar-refractivity contribution in [3.63, 3.8) is 0 Å². The highest BCUT2D eigenvalue weighted by atomic mass is 16.4. The Kier molecular flexibility index (Phi) is 4.15. The lowest BCUT2D eigenvalue weighted by molar-refractivity contribution is 0.236. The molecule has 3 nitrogen and oxygen atoms in total. The summed E-state index contributed by atoms with van der Waals surface area (Å²) in [5.41, 5.74) is 2.27. The van der Waals surface area contributed by atoms with Gasteiger partial charge in [0.15, 0.2) is 0 Å². The average Bonchev–Trinajstić information content (AvgIpc) is 2.85. The number of hydrogen-bond acceptors (Lipinski definition) is 3. The van der Waals surface area contributed by atoms with Crippen molar-refractivity contribution in [2.24, 2.45) is 5.16 Å². The maximum absolute atomic E-state index is 9.01. The molecule has 1 aromatic rings. The van der Waals surface area contributed by atoms with E-state index in [4.69, 9.17) is 5.21 Å². The van der Waals surface area contributed by atoms with E-state index >= 15 is 0 Å². The molecule has 0 saturated heterocycles. The van der Waals surface area contributed by atoms with Gasteiger partial charge in [-0.15, -0.1) is 0 Å². The minimum Gasteiger partial charge on any atom is -0.411 e. The second kappa shape index (κ2) is 5.82. The molecule has 1 fully saturated rings. The van der Waals surface area contributed by atoms with Gasteiger partial charge in [-0.2, -0.15) is 0 Å². The van der Waals surface area contributed by atoms with E-state index in [1.54, 1.807) is 0 Å². The van der Waals surface area contributed by atoms with Crippen molar-refractivity contribution < 1.29 is 5.21 Å². The van der Waals surface area contributed by atoms with Crippen LogP contribution in [0.5, 0.6) is 0 Å². The van der Waals surface area contributed by atoms with Gasteiger partial charge in [0, 0.05) is 6.54 Å². The van der Waals surface area contributed by atoms with Crippen LogP contribution in [0.3, 0.4) is 0 Å². The van der Waals surface area contributed by atoms with Crippen LogP contribution in [0.2, 0.25) is 0 Å². The summed E-state index contributed by atoms with van der Waals surface area (Å²) < 4.78 is 0. The van der Waals surface area contributed by atoms with E-state index in [1.807, 2.05) is 6.07 Å². The van der Waals surface area contributed by atoms with Crippen molar-refractivity contribution in [3.8, 4) is 0 Å². The minimum absolute atomic E-state index is 0.324. The van der Waals surface area contributed by atoms with Crippen molar-refractivity contribution in [1.29, 1.82) is 0 Å². The van der Waals surface area contributed by atoms with Gasteiger partial charge in [0.25, 0.3) is 0 Å². The Morgan fingerprint density at radius 1 is 1.35 bits per heavy atom. The molecule has 0 bridgehead atoms. The molecule has 0 aliphatic heterocycles. The smallest absolute Gasteiger partial charge is 0.0742 e. The third kappa shape index (κ3) is 2.86. The van der Waals surface area contributed by atoms with Crippen LogP contribution in [0.1, 0.15) is 31.7 Å². The van der Waals surface area contributed by atoms with Crippen molar-refractivity contribution in [1.82, 2.24) is 4.90 Å². The lowest BCUT2D eigenvalue weighted by atomic mass is 10.1. The molecule has 0 unspecified atom stereocenters. The number of nitrogens with zero attached hydrogens (tertiary/aromatic N) is 2. The maximum atomic E-state index is 9.01. The highest BCUT2D eigenvalue weighted by Crippen LogP contribution is 2.23. The second-order valence-corrected chi connectivity index (χ2v) is 4.55. The molecule has 1 aromatic carbocycles. The molecule has 17 heavy (non-hydrogen) atoms. The molecular formula is C14H20N2O. The maximum Gasteiger partial charge on any atom is 0.0742 e. The summed E-state index contributed by atoms with van der Waals surface area (Å²) in [6.45, 7) is 4.08. The Morgan fingerprint density at radius 2 is 2.12 bits per heavy atom. The highest BCUT2D eigenvalue weighted by molar-refractivity contribution is 5.90. The molecular weight excluding hydrogens is 212 g/mol. The summed E-state index contributed by atoms with van der Waals surface area (Å²) in [7, 11) is 0. The zero-order valence-electron chi connectivity index (χ0n) is 10.3. The van der Waals surface area contributed by atoms with E-state index in [9.17, 15) is 0 Å². The van der Waals surface area contributed by atoms with Crippen LogP contribution in [-0.4, -0.2) is 28.4 Å². The van der Waals surface area contributed by atoms with Crippen LogP contribution >= 0.6 is 0 Å². The van der Waals surface area contributed by atoms with E-state index in [0.29, 0.717) is 6.04 Å². The fourth-order valence-electron chi connectivity index (χ4n) is 2.58. The van der Waals surface area contributed by atoms with Gasteiger partial charge in [-0.3, -0.25) is 4.90 Å². The molecule has 0 radical (unpaired) electrons. The fraction of sp³-hybridized carbons (Fsp3) is 0.500. The van der Waals surface area contributed by atoms with E-state index in [1.165, 1.54) is 5.56 Å². The van der Waals surface area contributed by atoms with E-state index in [2.05, 4.69) is 41.2 Å². The van der Waals surface area contributed by atoms with Gasteiger partial charge in [-0.05, 0) is 31.4 Å². The van der Waals surface area contributed by atoms with Gasteiger partial charge < -0.3 is 5.21 Å². The Balaban J connectivity index is 2.06. The van der Waals surface area contributed by atoms with Gasteiger partial charge in [0.1, 0.15) is 0 Å². The number of benzene rings is 1. The van der Waals surface area contributed by atoms with Gasteiger partial charge in [0.05, 0.1) is 11.8 Å². The first-order valence-electron chi connectivity index (χ1n) is 6.34. The molecule has 1 aliphatic rings. The fourth-order valence-corrected chi connectivity index (χ4v) is 2.58. The molecule has 92 valence electrons. The van der Waals surface area contributed by atoms with E-state index < -0.39 is 0 Å². The van der Waals surface area contributed by atoms with Crippen molar-refractivity contribution >= 4 is 5.71 Å². The van der Waals surface area contributed by atoms with Crippen molar-refractivity contribution in [2.75, 3.05) is 6.54 Å². The van der Waals surface area contributed by atoms with Crippen LogP contribution in [0.15, 0.2) is 35.5 Å². The Bertz CT molecular complexity index is 375. The highest BCUT2D eigenvalue weighted by Gasteiger charge is 2.28. The summed E-state index contributed by atoms with van der Waals surface area (Å²) in [6.07, 6.45) is 3.18. The van der Waals surface area contributed by atoms with Gasteiger partial charge in [-0.1, -0.05) is 42.4 Å². The Labute approximate surface area is 103 Å². The average molecular weight is 232 g/mol. The normalized spacial score (nSPS) is 22.5. The largest absolute Gasteiger partial charge is 0.411 e. The molecule has 1 saturated carbocycles. The summed E-state index contributed by atoms with van der Waals surface area (Å²) in [5.74, 6) is 0. The molecule has 1 N–H and O–H groups in total. The standard InChI is InChI=1S/C14H20N2O/c1-2-16(11-12-7-4-3-5-8-12)14-10-6-9-13(14)15-17/h3-5,7-8,14,17H,2,6,9-11H2,1H3/b15-13+/t14-/m0/s1. The van der Waals surface area contributed by atoms with Crippen molar-refractivity contribution in [3.05, 3.63) is 35.9 Å². The summed E-state index contributed by atoms with van der Waals surface area (Å²) in [5, 5.41) is 12.5. The molecule has 1 aliphatic carbocycles. The monoisotopic (exact) mass is 232 g/mol. The quantitative estimate of drug-likeness (QED) is 0.640. The lowest BCUT2D eigenvalue weighted by Crippen LogP contribution is -2.37. The summed E-state index contributed by atoms with van der Waals surface area (Å²) in [6, 6.07) is 10.8. The summed E-state index contributed by atoms with van der Waals surface area (Å²) in [4.78, 5) is 2.39. The molecule has 1 atom stereocenters. The first-order valence-corrected chi connectivity index (χ1v) is 6.34.